The molecule has 7 nitrogen and oxygen atoms in total. The number of anilines is 1. The van der Waals surface area contributed by atoms with E-state index in [9.17, 15) is 5.11 Å². The van der Waals surface area contributed by atoms with Crippen LogP contribution in [-0.2, 0) is 0 Å². The van der Waals surface area contributed by atoms with Crippen LogP contribution in [0.3, 0.4) is 0 Å². The molecule has 1 heterocycles. The Bertz CT molecular complexity index is 356. The third-order valence-electron chi connectivity index (χ3n) is 1.91. The second kappa shape index (κ2) is 5.13. The molecule has 1 aromatic heterocycles. The van der Waals surface area contributed by atoms with Crippen LogP contribution < -0.4 is 14.4 Å². The van der Waals surface area contributed by atoms with Gasteiger partial charge in [-0.3, -0.25) is 0 Å². The van der Waals surface area contributed by atoms with Crippen LogP contribution in [-0.4, -0.2) is 53.5 Å². The Morgan fingerprint density at radius 2 is 1.59 bits per heavy atom. The van der Waals surface area contributed by atoms with Crippen molar-refractivity contribution in [1.82, 2.24) is 15.0 Å². The van der Waals surface area contributed by atoms with Crippen LogP contribution in [0.1, 0.15) is 13.8 Å². The first-order valence-electron chi connectivity index (χ1n) is 5.13. The maximum atomic E-state index is 9.73. The van der Waals surface area contributed by atoms with E-state index in [0.717, 1.165) is 0 Å². The molecule has 96 valence electrons. The minimum Gasteiger partial charge on any atom is -0.467 e. The summed E-state index contributed by atoms with van der Waals surface area (Å²) < 4.78 is 9.89. The molecule has 0 saturated heterocycles. The SMILES string of the molecule is COc1nc(OC)nc(N(C)CC(C)(C)O)n1. The van der Waals surface area contributed by atoms with Gasteiger partial charge in [0.1, 0.15) is 0 Å². The summed E-state index contributed by atoms with van der Waals surface area (Å²) in [6.07, 6.45) is 0. The summed E-state index contributed by atoms with van der Waals surface area (Å²) >= 11 is 0. The molecule has 1 rings (SSSR count). The van der Waals surface area contributed by atoms with E-state index in [1.165, 1.54) is 14.2 Å². The number of methoxy groups -OCH3 is 2. The molecule has 0 unspecified atom stereocenters. The highest BCUT2D eigenvalue weighted by Crippen LogP contribution is 2.16. The number of ether oxygens (including phenoxy) is 2. The van der Waals surface area contributed by atoms with Gasteiger partial charge in [-0.25, -0.2) is 0 Å². The van der Waals surface area contributed by atoms with E-state index < -0.39 is 5.60 Å². The Morgan fingerprint density at radius 3 is 1.94 bits per heavy atom. The fourth-order valence-electron chi connectivity index (χ4n) is 1.33. The van der Waals surface area contributed by atoms with Gasteiger partial charge in [0, 0.05) is 13.6 Å². The van der Waals surface area contributed by atoms with Gasteiger partial charge in [0.05, 0.1) is 19.8 Å². The molecule has 17 heavy (non-hydrogen) atoms. The Labute approximate surface area is 100 Å². The van der Waals surface area contributed by atoms with Gasteiger partial charge in [-0.15, -0.1) is 4.98 Å². The number of hydrogen-bond donors (Lipinski definition) is 1. The molecule has 0 amide bonds. The van der Waals surface area contributed by atoms with E-state index in [4.69, 9.17) is 9.47 Å². The standard InChI is InChI=1S/C10H18N4O3/c1-10(2,15)6-14(3)7-11-8(16-4)13-9(12-7)17-5/h15H,6H2,1-5H3. The lowest BCUT2D eigenvalue weighted by Crippen LogP contribution is -2.37. The summed E-state index contributed by atoms with van der Waals surface area (Å²) in [5.74, 6) is 0.385. The van der Waals surface area contributed by atoms with Gasteiger partial charge in [0.2, 0.25) is 5.95 Å². The summed E-state index contributed by atoms with van der Waals surface area (Å²) in [5.41, 5.74) is -0.845. The van der Waals surface area contributed by atoms with Crippen LogP contribution >= 0.6 is 0 Å². The van der Waals surface area contributed by atoms with Crippen molar-refractivity contribution < 1.29 is 14.6 Å². The smallest absolute Gasteiger partial charge is 0.324 e. The number of likely N-dealkylation sites (N-methyl/N-ethyl adjacent to an activating group) is 1. The van der Waals surface area contributed by atoms with Gasteiger partial charge < -0.3 is 19.5 Å². The van der Waals surface area contributed by atoms with E-state index in [-0.39, 0.29) is 12.0 Å². The molecule has 0 fully saturated rings. The number of aromatic nitrogens is 3. The van der Waals surface area contributed by atoms with Crippen molar-refractivity contribution in [3.05, 3.63) is 0 Å². The Balaban J connectivity index is 2.96. The number of nitrogens with zero attached hydrogens (tertiary/aromatic N) is 4. The zero-order chi connectivity index (χ0) is 13.1. The number of rotatable bonds is 5. The second-order valence-electron chi connectivity index (χ2n) is 4.28. The zero-order valence-corrected chi connectivity index (χ0v) is 10.8. The molecule has 0 aromatic carbocycles. The fraction of sp³-hybridized carbons (Fsp3) is 0.700. The lowest BCUT2D eigenvalue weighted by Gasteiger charge is -2.25. The predicted octanol–water partition coefficient (Wildman–Crippen LogP) is 0.0959. The van der Waals surface area contributed by atoms with Gasteiger partial charge in [-0.05, 0) is 13.8 Å². The van der Waals surface area contributed by atoms with Gasteiger partial charge in [-0.2, -0.15) is 9.97 Å². The van der Waals surface area contributed by atoms with E-state index in [1.54, 1.807) is 25.8 Å². The molecule has 7 heteroatoms. The minimum absolute atomic E-state index is 0.175. The van der Waals surface area contributed by atoms with E-state index in [2.05, 4.69) is 15.0 Å². The highest BCUT2D eigenvalue weighted by Gasteiger charge is 2.19. The lowest BCUT2D eigenvalue weighted by atomic mass is 10.1. The molecule has 1 N–H and O–H groups in total. The molecule has 0 bridgehead atoms. The molecular weight excluding hydrogens is 224 g/mol. The van der Waals surface area contributed by atoms with Gasteiger partial charge in [0.15, 0.2) is 0 Å². The van der Waals surface area contributed by atoms with Crippen molar-refractivity contribution in [2.75, 3.05) is 32.7 Å². The van der Waals surface area contributed by atoms with Gasteiger partial charge in [-0.1, -0.05) is 0 Å². The second-order valence-corrected chi connectivity index (χ2v) is 4.28. The molecule has 0 atom stereocenters. The highest BCUT2D eigenvalue weighted by atomic mass is 16.5. The van der Waals surface area contributed by atoms with E-state index >= 15 is 0 Å². The third-order valence-corrected chi connectivity index (χ3v) is 1.91. The van der Waals surface area contributed by atoms with E-state index in [0.29, 0.717) is 12.5 Å². The minimum atomic E-state index is -0.845. The van der Waals surface area contributed by atoms with Crippen molar-refractivity contribution in [2.45, 2.75) is 19.4 Å². The Hall–Kier alpha value is -1.63. The first-order chi connectivity index (χ1) is 7.85. The first kappa shape index (κ1) is 13.4. The van der Waals surface area contributed by atoms with Crippen LogP contribution in [0.4, 0.5) is 5.95 Å². The number of aliphatic hydroxyl groups is 1. The highest BCUT2D eigenvalue weighted by molar-refractivity contribution is 5.31. The maximum absolute atomic E-state index is 9.73. The van der Waals surface area contributed by atoms with Gasteiger partial charge >= 0.3 is 12.0 Å². The third kappa shape index (κ3) is 4.03. The fourth-order valence-corrected chi connectivity index (χ4v) is 1.33. The molecular formula is C10H18N4O3. The average molecular weight is 242 g/mol. The van der Waals surface area contributed by atoms with Crippen LogP contribution in [0.25, 0.3) is 0 Å². The molecule has 0 aliphatic rings. The quantitative estimate of drug-likeness (QED) is 0.784. The molecule has 0 spiro atoms. The molecule has 1 aromatic rings. The predicted molar refractivity (Wildman–Crippen MR) is 62.5 cm³/mol. The van der Waals surface area contributed by atoms with Crippen LogP contribution in [0.5, 0.6) is 12.0 Å². The van der Waals surface area contributed by atoms with E-state index in [1.807, 2.05) is 0 Å². The van der Waals surface area contributed by atoms with Crippen molar-refractivity contribution >= 4 is 5.95 Å². The van der Waals surface area contributed by atoms with Crippen LogP contribution in [0.2, 0.25) is 0 Å². The Morgan fingerprint density at radius 1 is 1.12 bits per heavy atom. The summed E-state index contributed by atoms with van der Waals surface area (Å²) in [5, 5.41) is 9.73. The monoisotopic (exact) mass is 242 g/mol. The zero-order valence-electron chi connectivity index (χ0n) is 10.8. The summed E-state index contributed by atoms with van der Waals surface area (Å²) in [6, 6.07) is 0.351. The van der Waals surface area contributed by atoms with Crippen molar-refractivity contribution in [3.63, 3.8) is 0 Å². The first-order valence-corrected chi connectivity index (χ1v) is 5.13. The van der Waals surface area contributed by atoms with Crippen LogP contribution in [0.15, 0.2) is 0 Å². The number of hydrogen-bond acceptors (Lipinski definition) is 7. The lowest BCUT2D eigenvalue weighted by molar-refractivity contribution is 0.0882. The van der Waals surface area contributed by atoms with Crippen molar-refractivity contribution in [1.29, 1.82) is 0 Å². The molecule has 0 aliphatic heterocycles. The summed E-state index contributed by atoms with van der Waals surface area (Å²) in [7, 11) is 4.70. The summed E-state index contributed by atoms with van der Waals surface area (Å²) in [6.45, 7) is 3.79. The average Bonchev–Trinajstić information content (AvgIpc) is 2.26. The molecule has 0 radical (unpaired) electrons. The maximum Gasteiger partial charge on any atom is 0.324 e. The normalized spacial score (nSPS) is 11.2. The molecule has 0 saturated carbocycles. The van der Waals surface area contributed by atoms with Crippen LogP contribution in [0, 0.1) is 0 Å². The topological polar surface area (TPSA) is 80.6 Å². The largest absolute Gasteiger partial charge is 0.467 e. The summed E-state index contributed by atoms with van der Waals surface area (Å²) in [4.78, 5) is 13.7. The Kier molecular flexibility index (Phi) is 4.06. The molecule has 0 aliphatic carbocycles. The van der Waals surface area contributed by atoms with Gasteiger partial charge in [0.25, 0.3) is 0 Å². The van der Waals surface area contributed by atoms with Crippen molar-refractivity contribution in [2.24, 2.45) is 0 Å². The van der Waals surface area contributed by atoms with Crippen molar-refractivity contribution in [3.8, 4) is 12.0 Å².